The average Bonchev–Trinajstić information content (AvgIpc) is 3.38. The first-order valence-electron chi connectivity index (χ1n) is 12.2. The number of carbonyl (C=O) groups excluding carboxylic acids is 1. The molecule has 1 aromatic carbocycles. The molecule has 2 aromatic heterocycles. The summed E-state index contributed by atoms with van der Waals surface area (Å²) in [7, 11) is -3.60. The number of carbonyl (C=O) groups is 1. The van der Waals surface area contributed by atoms with Crippen LogP contribution >= 0.6 is 0 Å². The van der Waals surface area contributed by atoms with Gasteiger partial charge in [-0.25, -0.2) is 18.4 Å². The second-order valence-electron chi connectivity index (χ2n) is 9.10. The maximum Gasteiger partial charge on any atom is 0.245 e. The number of aromatic nitrogens is 3. The van der Waals surface area contributed by atoms with E-state index in [0.717, 1.165) is 49.0 Å². The Hall–Kier alpha value is -3.18. The van der Waals surface area contributed by atoms with Crippen molar-refractivity contribution >= 4 is 38.5 Å². The van der Waals surface area contributed by atoms with E-state index in [2.05, 4.69) is 25.6 Å². The minimum absolute atomic E-state index is 0.0365. The van der Waals surface area contributed by atoms with Gasteiger partial charge in [0.15, 0.2) is 0 Å². The molecular formula is C24H31N7O3S. The highest BCUT2D eigenvalue weighted by Gasteiger charge is 2.29. The fourth-order valence-electron chi connectivity index (χ4n) is 4.87. The number of para-hydroxylation sites is 1. The second kappa shape index (κ2) is 10.2. The third-order valence-corrected chi connectivity index (χ3v) is 8.68. The fourth-order valence-corrected chi connectivity index (χ4v) is 6.55. The van der Waals surface area contributed by atoms with Crippen LogP contribution in [0.4, 0.5) is 11.5 Å². The lowest BCUT2D eigenvalue weighted by Crippen LogP contribution is -2.47. The highest BCUT2D eigenvalue weighted by molar-refractivity contribution is 7.89. The molecule has 2 aliphatic rings. The predicted octanol–water partition coefficient (Wildman–Crippen LogP) is 2.65. The first kappa shape index (κ1) is 23.6. The normalized spacial score (nSPS) is 19.5. The van der Waals surface area contributed by atoms with Crippen LogP contribution in [0.25, 0.3) is 11.0 Å². The number of amides is 1. The van der Waals surface area contributed by atoms with Gasteiger partial charge in [0, 0.05) is 38.4 Å². The van der Waals surface area contributed by atoms with E-state index < -0.39 is 10.0 Å². The molecule has 186 valence electrons. The van der Waals surface area contributed by atoms with Crippen LogP contribution in [0, 0.1) is 0 Å². The van der Waals surface area contributed by atoms with Crippen LogP contribution in [-0.2, 0) is 14.8 Å². The Morgan fingerprint density at radius 1 is 1.06 bits per heavy atom. The molecule has 35 heavy (non-hydrogen) atoms. The van der Waals surface area contributed by atoms with Crippen LogP contribution in [0.1, 0.15) is 32.1 Å². The van der Waals surface area contributed by atoms with Crippen LogP contribution in [0.2, 0.25) is 0 Å². The molecule has 0 unspecified atom stereocenters. The number of rotatable bonds is 7. The molecule has 0 radical (unpaired) electrons. The highest BCUT2D eigenvalue weighted by atomic mass is 32.2. The molecule has 4 heterocycles. The summed E-state index contributed by atoms with van der Waals surface area (Å²) in [5.74, 6) is 0.696. The van der Waals surface area contributed by atoms with Gasteiger partial charge in [0.1, 0.15) is 22.7 Å². The number of anilines is 2. The lowest BCUT2D eigenvalue weighted by Gasteiger charge is -2.33. The number of fused-ring (bicyclic) bond motifs is 1. The molecular weight excluding hydrogens is 466 g/mol. The number of benzene rings is 1. The van der Waals surface area contributed by atoms with Gasteiger partial charge in [0.2, 0.25) is 15.9 Å². The monoisotopic (exact) mass is 497 g/mol. The van der Waals surface area contributed by atoms with Crippen LogP contribution < -0.4 is 10.6 Å². The molecule has 2 fully saturated rings. The first-order valence-corrected chi connectivity index (χ1v) is 13.6. The highest BCUT2D eigenvalue weighted by Crippen LogP contribution is 2.27. The van der Waals surface area contributed by atoms with Gasteiger partial charge in [-0.15, -0.1) is 0 Å². The zero-order valence-corrected chi connectivity index (χ0v) is 20.4. The molecule has 5 rings (SSSR count). The van der Waals surface area contributed by atoms with Crippen molar-refractivity contribution in [2.75, 3.05) is 43.4 Å². The fraction of sp³-hybridized carbons (Fsp3) is 0.458. The van der Waals surface area contributed by atoms with Crippen molar-refractivity contribution in [3.8, 4) is 0 Å². The molecule has 0 bridgehead atoms. The molecule has 2 saturated heterocycles. The lowest BCUT2D eigenvalue weighted by atomic mass is 10.1. The molecule has 2 aliphatic heterocycles. The number of sulfonamides is 1. The van der Waals surface area contributed by atoms with E-state index in [4.69, 9.17) is 0 Å². The summed E-state index contributed by atoms with van der Waals surface area (Å²) in [5.41, 5.74) is 1.24. The topological polar surface area (TPSA) is 123 Å². The summed E-state index contributed by atoms with van der Waals surface area (Å²) in [6.45, 7) is 2.35. The van der Waals surface area contributed by atoms with Crippen molar-refractivity contribution in [3.05, 3.63) is 42.9 Å². The van der Waals surface area contributed by atoms with Gasteiger partial charge >= 0.3 is 0 Å². The first-order chi connectivity index (χ1) is 17.0. The molecule has 0 saturated carbocycles. The third-order valence-electron chi connectivity index (χ3n) is 6.72. The van der Waals surface area contributed by atoms with Crippen LogP contribution in [0.3, 0.4) is 0 Å². The molecule has 1 atom stereocenters. The Balaban J connectivity index is 1.22. The number of hydrogen-bond donors (Lipinski definition) is 3. The molecule has 3 aromatic rings. The molecule has 1 amide bonds. The van der Waals surface area contributed by atoms with Gasteiger partial charge in [-0.1, -0.05) is 18.6 Å². The van der Waals surface area contributed by atoms with Gasteiger partial charge in [-0.3, -0.25) is 4.79 Å². The van der Waals surface area contributed by atoms with Crippen molar-refractivity contribution in [2.45, 2.75) is 43.0 Å². The van der Waals surface area contributed by atoms with Crippen molar-refractivity contribution in [1.82, 2.24) is 24.2 Å². The number of hydrogen-bond acceptors (Lipinski definition) is 7. The smallest absolute Gasteiger partial charge is 0.245 e. The van der Waals surface area contributed by atoms with E-state index in [1.54, 1.807) is 28.6 Å². The van der Waals surface area contributed by atoms with E-state index in [1.165, 1.54) is 6.33 Å². The van der Waals surface area contributed by atoms with E-state index in [-0.39, 0.29) is 23.4 Å². The Morgan fingerprint density at radius 3 is 2.74 bits per heavy atom. The maximum absolute atomic E-state index is 13.2. The Kier molecular flexibility index (Phi) is 6.87. The van der Waals surface area contributed by atoms with E-state index in [9.17, 15) is 13.2 Å². The quantitative estimate of drug-likeness (QED) is 0.458. The molecule has 10 nitrogen and oxygen atoms in total. The zero-order valence-electron chi connectivity index (χ0n) is 19.6. The Bertz CT molecular complexity index is 1290. The molecule has 3 N–H and O–H groups in total. The number of nitrogens with one attached hydrogen (secondary N) is 3. The van der Waals surface area contributed by atoms with Crippen LogP contribution in [-0.4, -0.2) is 77.2 Å². The largest absolute Gasteiger partial charge is 0.375 e. The van der Waals surface area contributed by atoms with Crippen molar-refractivity contribution < 1.29 is 13.2 Å². The lowest BCUT2D eigenvalue weighted by molar-refractivity contribution is -0.130. The molecule has 0 spiro atoms. The number of aromatic amines is 1. The number of likely N-dealkylation sites (tertiary alicyclic amines) is 1. The third kappa shape index (κ3) is 5.10. The minimum Gasteiger partial charge on any atom is -0.375 e. The van der Waals surface area contributed by atoms with Gasteiger partial charge in [-0.05, 0) is 43.9 Å². The summed E-state index contributed by atoms with van der Waals surface area (Å²) in [4.78, 5) is 26.8. The van der Waals surface area contributed by atoms with Crippen molar-refractivity contribution in [2.24, 2.45) is 0 Å². The Morgan fingerprint density at radius 2 is 1.89 bits per heavy atom. The van der Waals surface area contributed by atoms with Crippen LogP contribution in [0.15, 0.2) is 47.8 Å². The summed E-state index contributed by atoms with van der Waals surface area (Å²) < 4.78 is 28.0. The summed E-state index contributed by atoms with van der Waals surface area (Å²) >= 11 is 0. The Labute approximate surface area is 205 Å². The number of piperidine rings is 2. The number of H-pyrrole nitrogens is 1. The second-order valence-corrected chi connectivity index (χ2v) is 11.0. The van der Waals surface area contributed by atoms with Gasteiger partial charge < -0.3 is 20.5 Å². The van der Waals surface area contributed by atoms with Gasteiger partial charge in [0.05, 0.1) is 17.6 Å². The summed E-state index contributed by atoms with van der Waals surface area (Å²) in [6, 6.07) is 8.85. The zero-order chi connectivity index (χ0) is 24.3. The van der Waals surface area contributed by atoms with Gasteiger partial charge in [-0.2, -0.15) is 4.31 Å². The average molecular weight is 498 g/mol. The van der Waals surface area contributed by atoms with E-state index in [0.29, 0.717) is 31.9 Å². The van der Waals surface area contributed by atoms with Crippen molar-refractivity contribution in [1.29, 1.82) is 0 Å². The van der Waals surface area contributed by atoms with E-state index >= 15 is 0 Å². The van der Waals surface area contributed by atoms with Crippen LogP contribution in [0.5, 0.6) is 0 Å². The SMILES string of the molecule is O=C(CNc1ccccc1S(=O)(=O)N1CCCCC1)N1CCC[C@H](Nc2ncnc3[nH]ccc23)C1. The number of nitrogens with zero attached hydrogens (tertiary/aromatic N) is 4. The predicted molar refractivity (Wildman–Crippen MR) is 135 cm³/mol. The maximum atomic E-state index is 13.2. The van der Waals surface area contributed by atoms with Crippen molar-refractivity contribution in [3.63, 3.8) is 0 Å². The molecule has 11 heteroatoms. The molecule has 0 aliphatic carbocycles. The summed E-state index contributed by atoms with van der Waals surface area (Å²) in [5, 5.41) is 7.48. The standard InChI is InChI=1S/C24H31N7O3S/c32-22(15-26-20-8-2-3-9-21(20)35(33,34)31-13-4-1-5-14-31)30-12-6-7-18(16-30)29-24-19-10-11-25-23(19)27-17-28-24/h2-3,8-11,17-18,26H,1,4-7,12-16H2,(H2,25,27,28,29)/t18-/m0/s1. The van der Waals surface area contributed by atoms with E-state index in [1.807, 2.05) is 17.2 Å². The van der Waals surface area contributed by atoms with Gasteiger partial charge in [0.25, 0.3) is 0 Å². The summed E-state index contributed by atoms with van der Waals surface area (Å²) in [6.07, 6.45) is 7.97. The minimum atomic E-state index is -3.60.